The fraction of sp³-hybridized carbons (Fsp3) is 0.673. The number of nitrogens with zero attached hydrogens (tertiary/aromatic N) is 3. The second-order valence-electron chi connectivity index (χ2n) is 17.5. The number of aryl methyl sites for hydroxylation is 3. The number of carbonyl (C=O) groups excluding carboxylic acids is 5. The van der Waals surface area contributed by atoms with Gasteiger partial charge in [0.2, 0.25) is 17.8 Å². The van der Waals surface area contributed by atoms with E-state index in [0.717, 1.165) is 23.3 Å². The molecule has 27 heteroatoms. The SMILES string of the molecule is CCOCCOCCOCCOCCOCCNC(=O)CCN1C(=O)C=CC1=O.CCOCCOCCOCCOCCOCCOCCOCCC(=O)NC[C@H](NC(=O)c1c(C)nc(NCCCc2cccc(O)c2)nc1C)C(=O)O. The van der Waals surface area contributed by atoms with E-state index in [0.29, 0.717) is 176 Å². The van der Waals surface area contributed by atoms with Crippen LogP contribution in [-0.2, 0) is 87.2 Å². The molecule has 2 heterocycles. The van der Waals surface area contributed by atoms with Gasteiger partial charge in [0.05, 0.1) is 162 Å². The maximum absolute atomic E-state index is 13.0. The van der Waals surface area contributed by atoms with Gasteiger partial charge in [-0.2, -0.15) is 0 Å². The highest BCUT2D eigenvalue weighted by atomic mass is 16.6. The molecule has 6 N–H and O–H groups in total. The number of ether oxygens (including phenoxy) is 12. The Hall–Kier alpha value is -5.82. The zero-order chi connectivity index (χ0) is 59.7. The number of carboxylic acids is 1. The molecule has 0 bridgehead atoms. The van der Waals surface area contributed by atoms with E-state index in [1.54, 1.807) is 32.0 Å². The Morgan fingerprint density at radius 3 is 1.43 bits per heavy atom. The van der Waals surface area contributed by atoms with Crippen LogP contribution >= 0.6 is 0 Å². The van der Waals surface area contributed by atoms with Gasteiger partial charge < -0.3 is 88.3 Å². The van der Waals surface area contributed by atoms with Gasteiger partial charge in [0, 0.05) is 64.4 Å². The summed E-state index contributed by atoms with van der Waals surface area (Å²) in [6, 6.07) is 5.69. The molecule has 5 amide bonds. The standard InChI is InChI=1S/C36H57N5O12.C19H32N2O8/c1-4-47-13-14-49-17-18-51-21-22-53-24-23-52-20-19-50-16-15-48-12-10-32(43)38-26-31(35(45)46)41-34(44)33-27(2)39-36(40-28(33)3)37-11-6-8-29-7-5-9-30(42)25-29;1-2-25-9-10-27-13-14-29-16-15-28-12-11-26-8-6-20-17(22)5-7-21-18(23)3-4-19(21)24/h5,7,9,25,31,42H,4,6,8,10-24,26H2,1-3H3,(H,38,43)(H,41,44)(H,45,46)(H,37,39,40);3-4H,2,5-16H2,1H3,(H,20,22)/t31-;/m0./s1. The molecule has 3 rings (SSSR count). The van der Waals surface area contributed by atoms with Gasteiger partial charge in [-0.3, -0.25) is 28.9 Å². The number of anilines is 1. The number of phenols is 1. The summed E-state index contributed by atoms with van der Waals surface area (Å²) in [5.74, 6) is -2.84. The number of amides is 5. The van der Waals surface area contributed by atoms with E-state index in [2.05, 4.69) is 31.2 Å². The number of aromatic nitrogens is 2. The van der Waals surface area contributed by atoms with Crippen molar-refractivity contribution in [3.8, 4) is 5.75 Å². The van der Waals surface area contributed by atoms with E-state index in [1.807, 2.05) is 19.9 Å². The van der Waals surface area contributed by atoms with Gasteiger partial charge in [-0.15, -0.1) is 0 Å². The van der Waals surface area contributed by atoms with Crippen LogP contribution in [0.1, 0.15) is 60.4 Å². The van der Waals surface area contributed by atoms with Gasteiger partial charge in [-0.1, -0.05) is 12.1 Å². The summed E-state index contributed by atoms with van der Waals surface area (Å²) in [4.78, 5) is 81.2. The molecule has 27 nitrogen and oxygen atoms in total. The third kappa shape index (κ3) is 37.3. The van der Waals surface area contributed by atoms with Gasteiger partial charge in [-0.25, -0.2) is 14.8 Å². The summed E-state index contributed by atoms with van der Waals surface area (Å²) in [6.07, 6.45) is 3.98. The van der Waals surface area contributed by atoms with Crippen LogP contribution in [0.25, 0.3) is 0 Å². The largest absolute Gasteiger partial charge is 0.508 e. The summed E-state index contributed by atoms with van der Waals surface area (Å²) in [6.45, 7) is 19.1. The number of hydrogen-bond donors (Lipinski definition) is 6. The zero-order valence-corrected chi connectivity index (χ0v) is 48.3. The third-order valence-electron chi connectivity index (χ3n) is 11.1. The number of carboxylic acid groups (broad SMARTS) is 1. The van der Waals surface area contributed by atoms with Crippen LogP contribution in [0, 0.1) is 13.8 Å². The predicted octanol–water partition coefficient (Wildman–Crippen LogP) is 1.19. The van der Waals surface area contributed by atoms with Crippen molar-refractivity contribution in [2.24, 2.45) is 0 Å². The first-order chi connectivity index (χ1) is 39.9. The van der Waals surface area contributed by atoms with Crippen molar-refractivity contribution in [3.05, 3.63) is 58.9 Å². The Balaban J connectivity index is 0.000000667. The fourth-order valence-electron chi connectivity index (χ4n) is 6.93. The predicted molar refractivity (Wildman–Crippen MR) is 298 cm³/mol. The average molecular weight is 1170 g/mol. The minimum absolute atomic E-state index is 0.00499. The van der Waals surface area contributed by atoms with E-state index >= 15 is 0 Å². The zero-order valence-electron chi connectivity index (χ0n) is 48.3. The van der Waals surface area contributed by atoms with E-state index < -0.39 is 23.8 Å². The van der Waals surface area contributed by atoms with E-state index in [1.165, 1.54) is 12.2 Å². The molecule has 0 unspecified atom stereocenters. The van der Waals surface area contributed by atoms with E-state index in [-0.39, 0.29) is 68.2 Å². The maximum atomic E-state index is 13.0. The second-order valence-corrected chi connectivity index (χ2v) is 17.5. The van der Waals surface area contributed by atoms with Crippen LogP contribution < -0.4 is 21.3 Å². The molecular formula is C55H89N7O20. The summed E-state index contributed by atoms with van der Waals surface area (Å²) >= 11 is 0. The maximum Gasteiger partial charge on any atom is 0.328 e. The van der Waals surface area contributed by atoms with Crippen molar-refractivity contribution < 1.29 is 95.8 Å². The second kappa shape index (κ2) is 48.7. The number of rotatable bonds is 51. The average Bonchev–Trinajstić information content (AvgIpc) is 3.80. The summed E-state index contributed by atoms with van der Waals surface area (Å²) in [5.41, 5.74) is 1.92. The monoisotopic (exact) mass is 1170 g/mol. The molecule has 1 aliphatic rings. The highest BCUT2D eigenvalue weighted by molar-refractivity contribution is 6.13. The van der Waals surface area contributed by atoms with Gasteiger partial charge in [0.1, 0.15) is 11.8 Å². The normalized spacial score (nSPS) is 12.3. The van der Waals surface area contributed by atoms with Crippen LogP contribution in [0.4, 0.5) is 5.95 Å². The highest BCUT2D eigenvalue weighted by Crippen LogP contribution is 2.15. The summed E-state index contributed by atoms with van der Waals surface area (Å²) in [7, 11) is 0. The van der Waals surface area contributed by atoms with Crippen molar-refractivity contribution >= 4 is 41.5 Å². The molecule has 1 aromatic heterocycles. The van der Waals surface area contributed by atoms with Crippen molar-refractivity contribution in [2.45, 2.75) is 59.4 Å². The van der Waals surface area contributed by atoms with E-state index in [9.17, 15) is 39.0 Å². The van der Waals surface area contributed by atoms with Crippen LogP contribution in [0.5, 0.6) is 5.75 Å². The highest BCUT2D eigenvalue weighted by Gasteiger charge is 2.25. The summed E-state index contributed by atoms with van der Waals surface area (Å²) < 4.78 is 64.2. The number of phenolic OH excluding ortho intramolecular Hbond substituents is 1. The quantitative estimate of drug-likeness (QED) is 0.0400. The smallest absolute Gasteiger partial charge is 0.328 e. The molecule has 0 fully saturated rings. The number of aliphatic carboxylic acids is 1. The first-order valence-electron chi connectivity index (χ1n) is 27.8. The molecule has 1 atom stereocenters. The molecular weight excluding hydrogens is 1080 g/mol. The van der Waals surface area contributed by atoms with Gasteiger partial charge in [0.15, 0.2) is 0 Å². The number of aromatic hydroxyl groups is 1. The minimum Gasteiger partial charge on any atom is -0.508 e. The third-order valence-corrected chi connectivity index (χ3v) is 11.1. The van der Waals surface area contributed by atoms with Gasteiger partial charge >= 0.3 is 5.97 Å². The molecule has 464 valence electrons. The fourth-order valence-corrected chi connectivity index (χ4v) is 6.93. The van der Waals surface area contributed by atoms with Crippen molar-refractivity contribution in [2.75, 3.05) is 190 Å². The molecule has 0 saturated heterocycles. The number of carbonyl (C=O) groups is 6. The van der Waals surface area contributed by atoms with Crippen molar-refractivity contribution in [1.29, 1.82) is 0 Å². The molecule has 82 heavy (non-hydrogen) atoms. The van der Waals surface area contributed by atoms with E-state index in [4.69, 9.17) is 56.8 Å². The number of benzene rings is 1. The lowest BCUT2D eigenvalue weighted by Gasteiger charge is -2.17. The number of imide groups is 1. The van der Waals surface area contributed by atoms with Crippen LogP contribution in [-0.4, -0.2) is 251 Å². The Bertz CT molecular complexity index is 2070. The first kappa shape index (κ1) is 72.3. The molecule has 0 aliphatic carbocycles. The molecule has 1 aliphatic heterocycles. The number of hydrogen-bond acceptors (Lipinski definition) is 22. The van der Waals surface area contributed by atoms with Crippen LogP contribution in [0.15, 0.2) is 36.4 Å². The molecule has 0 spiro atoms. The lowest BCUT2D eigenvalue weighted by atomic mass is 10.1. The van der Waals surface area contributed by atoms with Gasteiger partial charge in [0.25, 0.3) is 17.7 Å². The molecule has 0 saturated carbocycles. The molecule has 1 aromatic carbocycles. The lowest BCUT2D eigenvalue weighted by molar-refractivity contribution is -0.140. The Morgan fingerprint density at radius 1 is 0.561 bits per heavy atom. The molecule has 0 radical (unpaired) electrons. The van der Waals surface area contributed by atoms with Crippen LogP contribution in [0.2, 0.25) is 0 Å². The Labute approximate surface area is 481 Å². The number of nitrogens with one attached hydrogen (secondary N) is 4. The van der Waals surface area contributed by atoms with Crippen molar-refractivity contribution in [3.63, 3.8) is 0 Å². The molecule has 2 aromatic rings. The van der Waals surface area contributed by atoms with Crippen molar-refractivity contribution in [1.82, 2.24) is 30.8 Å². The Morgan fingerprint density at radius 2 is 0.988 bits per heavy atom. The van der Waals surface area contributed by atoms with Crippen LogP contribution in [0.3, 0.4) is 0 Å². The topological polar surface area (TPSA) is 331 Å². The lowest BCUT2D eigenvalue weighted by Crippen LogP contribution is -2.48. The first-order valence-corrected chi connectivity index (χ1v) is 27.8. The minimum atomic E-state index is -1.37. The van der Waals surface area contributed by atoms with Gasteiger partial charge in [-0.05, 0) is 58.2 Å². The summed E-state index contributed by atoms with van der Waals surface area (Å²) in [5, 5.41) is 30.0. The Kier molecular flexibility index (Phi) is 42.9.